The van der Waals surface area contributed by atoms with Gasteiger partial charge in [0.1, 0.15) is 12.4 Å². The minimum absolute atomic E-state index is 0.0518. The highest BCUT2D eigenvalue weighted by atomic mass is 16.5. The molecule has 150 valence electrons. The molecule has 7 heteroatoms. The number of amides is 2. The normalized spacial score (nSPS) is 20.3. The summed E-state index contributed by atoms with van der Waals surface area (Å²) in [7, 11) is 3.96. The fourth-order valence-corrected chi connectivity index (χ4v) is 3.27. The Labute approximate surface area is 161 Å². The maximum Gasteiger partial charge on any atom is 0.407 e. The quantitative estimate of drug-likeness (QED) is 0.825. The van der Waals surface area contributed by atoms with Crippen LogP contribution in [0.4, 0.5) is 4.79 Å². The van der Waals surface area contributed by atoms with Crippen LogP contribution in [0.25, 0.3) is 0 Å². The first-order valence-corrected chi connectivity index (χ1v) is 9.38. The molecule has 1 fully saturated rings. The summed E-state index contributed by atoms with van der Waals surface area (Å²) >= 11 is 0. The predicted molar refractivity (Wildman–Crippen MR) is 104 cm³/mol. The number of likely N-dealkylation sites (N-methyl/N-ethyl adjacent to an activating group) is 1. The number of carbonyl (C=O) groups is 2. The lowest BCUT2D eigenvalue weighted by Crippen LogP contribution is -2.57. The molecule has 2 rings (SSSR count). The molecule has 27 heavy (non-hydrogen) atoms. The Morgan fingerprint density at radius 1 is 1.26 bits per heavy atom. The Kier molecular flexibility index (Phi) is 7.07. The molecule has 1 N–H and O–H groups in total. The fourth-order valence-electron chi connectivity index (χ4n) is 3.27. The molecular weight excluding hydrogens is 346 g/mol. The molecule has 1 aliphatic heterocycles. The van der Waals surface area contributed by atoms with Gasteiger partial charge >= 0.3 is 6.09 Å². The lowest BCUT2D eigenvalue weighted by atomic mass is 9.98. The van der Waals surface area contributed by atoms with E-state index in [0.717, 1.165) is 12.1 Å². The van der Waals surface area contributed by atoms with Gasteiger partial charge in [-0.3, -0.25) is 9.69 Å². The molecule has 1 saturated heterocycles. The standard InChI is InChI=1S/C20H31N3O4/c1-14(2)19(24)22-13-18(23(20(25)26)12-15(22)3)16-7-6-8-17(11-16)27-10-9-21(4)5/h6-8,11,14-15,18H,9-10,12-13H2,1-5H3,(H,25,26)/t15-,18-/m1/s1. The molecule has 2 amide bonds. The van der Waals surface area contributed by atoms with Crippen molar-refractivity contribution in [3.05, 3.63) is 29.8 Å². The Hall–Kier alpha value is -2.28. The van der Waals surface area contributed by atoms with Crippen LogP contribution in [0.5, 0.6) is 5.75 Å². The maximum absolute atomic E-state index is 12.6. The van der Waals surface area contributed by atoms with Crippen molar-refractivity contribution >= 4 is 12.0 Å². The zero-order valence-electron chi connectivity index (χ0n) is 16.9. The average Bonchev–Trinajstić information content (AvgIpc) is 2.60. The molecule has 1 aliphatic rings. The number of hydrogen-bond donors (Lipinski definition) is 1. The molecule has 0 bridgehead atoms. The van der Waals surface area contributed by atoms with Gasteiger partial charge < -0.3 is 19.6 Å². The van der Waals surface area contributed by atoms with Crippen LogP contribution in [-0.2, 0) is 4.79 Å². The average molecular weight is 377 g/mol. The summed E-state index contributed by atoms with van der Waals surface area (Å²) in [5.41, 5.74) is 0.841. The molecule has 2 atom stereocenters. The Bertz CT molecular complexity index is 662. The number of rotatable bonds is 6. The van der Waals surface area contributed by atoms with Gasteiger partial charge in [-0.15, -0.1) is 0 Å². The van der Waals surface area contributed by atoms with Crippen LogP contribution < -0.4 is 4.74 Å². The van der Waals surface area contributed by atoms with E-state index >= 15 is 0 Å². The molecule has 1 heterocycles. The molecule has 7 nitrogen and oxygen atoms in total. The third kappa shape index (κ3) is 5.35. The highest BCUT2D eigenvalue weighted by Gasteiger charge is 2.38. The molecule has 0 radical (unpaired) electrons. The summed E-state index contributed by atoms with van der Waals surface area (Å²) in [6, 6.07) is 6.96. The highest BCUT2D eigenvalue weighted by molar-refractivity contribution is 5.79. The first kappa shape index (κ1) is 21.0. The van der Waals surface area contributed by atoms with Crippen molar-refractivity contribution < 1.29 is 19.4 Å². The largest absolute Gasteiger partial charge is 0.492 e. The van der Waals surface area contributed by atoms with Crippen molar-refractivity contribution in [1.29, 1.82) is 0 Å². The Balaban J connectivity index is 2.23. The Morgan fingerprint density at radius 3 is 2.56 bits per heavy atom. The van der Waals surface area contributed by atoms with Crippen LogP contribution in [-0.4, -0.2) is 78.2 Å². The van der Waals surface area contributed by atoms with Gasteiger partial charge in [0.15, 0.2) is 0 Å². The van der Waals surface area contributed by atoms with Crippen LogP contribution in [0.2, 0.25) is 0 Å². The van der Waals surface area contributed by atoms with Crippen LogP contribution in [0.3, 0.4) is 0 Å². The van der Waals surface area contributed by atoms with Gasteiger partial charge in [-0.25, -0.2) is 4.79 Å². The molecular formula is C20H31N3O4. The van der Waals surface area contributed by atoms with Gasteiger partial charge in [0.25, 0.3) is 0 Å². The van der Waals surface area contributed by atoms with Crippen molar-refractivity contribution in [2.45, 2.75) is 32.9 Å². The molecule has 1 aromatic rings. The van der Waals surface area contributed by atoms with E-state index in [1.807, 2.05) is 64.0 Å². The number of hydrogen-bond acceptors (Lipinski definition) is 4. The van der Waals surface area contributed by atoms with Gasteiger partial charge in [-0.2, -0.15) is 0 Å². The van der Waals surface area contributed by atoms with E-state index in [1.54, 1.807) is 4.90 Å². The second-order valence-corrected chi connectivity index (χ2v) is 7.67. The second-order valence-electron chi connectivity index (χ2n) is 7.67. The van der Waals surface area contributed by atoms with Crippen molar-refractivity contribution in [2.75, 3.05) is 40.3 Å². The third-order valence-electron chi connectivity index (χ3n) is 4.81. The maximum atomic E-state index is 12.6. The Morgan fingerprint density at radius 2 is 1.96 bits per heavy atom. The van der Waals surface area contributed by atoms with E-state index in [1.165, 1.54) is 4.90 Å². The van der Waals surface area contributed by atoms with E-state index in [9.17, 15) is 14.7 Å². The minimum Gasteiger partial charge on any atom is -0.492 e. The smallest absolute Gasteiger partial charge is 0.407 e. The number of ether oxygens (including phenoxy) is 1. The fraction of sp³-hybridized carbons (Fsp3) is 0.600. The lowest BCUT2D eigenvalue weighted by Gasteiger charge is -2.44. The molecule has 0 aromatic heterocycles. The second kappa shape index (κ2) is 9.08. The van der Waals surface area contributed by atoms with Gasteiger partial charge in [0.2, 0.25) is 5.91 Å². The van der Waals surface area contributed by atoms with Gasteiger partial charge in [0.05, 0.1) is 6.04 Å². The number of piperazine rings is 1. The number of nitrogens with zero attached hydrogens (tertiary/aromatic N) is 3. The molecule has 1 aromatic carbocycles. The SMILES string of the molecule is CC(C)C(=O)N1C[C@H](c2cccc(OCCN(C)C)c2)N(C(=O)O)C[C@H]1C. The van der Waals surface area contributed by atoms with Crippen molar-refractivity contribution in [3.63, 3.8) is 0 Å². The van der Waals surface area contributed by atoms with Crippen molar-refractivity contribution in [2.24, 2.45) is 5.92 Å². The van der Waals surface area contributed by atoms with Gasteiger partial charge in [0, 0.05) is 31.6 Å². The minimum atomic E-state index is -0.970. The summed E-state index contributed by atoms with van der Waals surface area (Å²) in [5.74, 6) is 0.640. The summed E-state index contributed by atoms with van der Waals surface area (Å²) in [6.45, 7) is 7.63. The van der Waals surface area contributed by atoms with Crippen LogP contribution in [0.1, 0.15) is 32.4 Å². The first-order chi connectivity index (χ1) is 12.7. The molecule has 0 spiro atoms. The van der Waals surface area contributed by atoms with E-state index in [2.05, 4.69) is 0 Å². The zero-order chi connectivity index (χ0) is 20.1. The van der Waals surface area contributed by atoms with Crippen LogP contribution >= 0.6 is 0 Å². The van der Waals surface area contributed by atoms with Crippen LogP contribution in [0.15, 0.2) is 24.3 Å². The van der Waals surface area contributed by atoms with E-state index in [4.69, 9.17) is 4.74 Å². The van der Waals surface area contributed by atoms with Gasteiger partial charge in [-0.05, 0) is 38.7 Å². The lowest BCUT2D eigenvalue weighted by molar-refractivity contribution is -0.140. The van der Waals surface area contributed by atoms with Crippen molar-refractivity contribution in [3.8, 4) is 5.75 Å². The third-order valence-corrected chi connectivity index (χ3v) is 4.81. The number of carboxylic acid groups (broad SMARTS) is 1. The number of carbonyl (C=O) groups excluding carboxylic acids is 1. The summed E-state index contributed by atoms with van der Waals surface area (Å²) in [5, 5.41) is 9.68. The van der Waals surface area contributed by atoms with Crippen molar-refractivity contribution in [1.82, 2.24) is 14.7 Å². The van der Waals surface area contributed by atoms with E-state index in [-0.39, 0.29) is 17.9 Å². The van der Waals surface area contributed by atoms with Crippen LogP contribution in [0, 0.1) is 5.92 Å². The summed E-state index contributed by atoms with van der Waals surface area (Å²) < 4.78 is 5.79. The highest BCUT2D eigenvalue weighted by Crippen LogP contribution is 2.31. The zero-order valence-corrected chi connectivity index (χ0v) is 16.9. The molecule has 0 unspecified atom stereocenters. The predicted octanol–water partition coefficient (Wildman–Crippen LogP) is 2.53. The van der Waals surface area contributed by atoms with Gasteiger partial charge in [-0.1, -0.05) is 26.0 Å². The van der Waals surface area contributed by atoms with E-state index < -0.39 is 12.1 Å². The van der Waals surface area contributed by atoms with E-state index in [0.29, 0.717) is 25.4 Å². The first-order valence-electron chi connectivity index (χ1n) is 9.38. The molecule has 0 aliphatic carbocycles. The number of benzene rings is 1. The topological polar surface area (TPSA) is 73.3 Å². The summed E-state index contributed by atoms with van der Waals surface area (Å²) in [6.07, 6.45) is -0.970. The summed E-state index contributed by atoms with van der Waals surface area (Å²) in [4.78, 5) is 29.6. The monoisotopic (exact) mass is 377 g/mol. The molecule has 0 saturated carbocycles.